The normalized spacial score (nSPS) is 10.5. The van der Waals surface area contributed by atoms with Crippen LogP contribution in [-0.4, -0.2) is 22.6 Å². The average molecular weight is 372 g/mol. The molecule has 1 amide bonds. The summed E-state index contributed by atoms with van der Waals surface area (Å²) in [5.41, 5.74) is 0.598. The molecule has 27 heavy (non-hydrogen) atoms. The predicted octanol–water partition coefficient (Wildman–Crippen LogP) is 3.80. The molecule has 2 N–H and O–H groups in total. The van der Waals surface area contributed by atoms with Crippen molar-refractivity contribution in [1.82, 2.24) is 10.2 Å². The van der Waals surface area contributed by atoms with Crippen LogP contribution in [0.4, 0.5) is 24.7 Å². The lowest BCUT2D eigenvalue weighted by Gasteiger charge is -2.08. The van der Waals surface area contributed by atoms with Crippen LogP contribution in [0.1, 0.15) is 16.1 Å². The SMILES string of the molecule is O=C(Nc1ccc(F)c(F)c1F)c1ccc(NCCc2ccccc2)nn1. The molecule has 0 saturated heterocycles. The summed E-state index contributed by atoms with van der Waals surface area (Å²) in [6.45, 7) is 0.629. The molecule has 0 fully saturated rings. The Morgan fingerprint density at radius 3 is 2.37 bits per heavy atom. The quantitative estimate of drug-likeness (QED) is 0.646. The first-order chi connectivity index (χ1) is 13.0. The molecule has 0 bridgehead atoms. The van der Waals surface area contributed by atoms with Gasteiger partial charge in [-0.2, -0.15) is 0 Å². The zero-order valence-electron chi connectivity index (χ0n) is 14.0. The van der Waals surface area contributed by atoms with Gasteiger partial charge < -0.3 is 10.6 Å². The van der Waals surface area contributed by atoms with Crippen LogP contribution in [-0.2, 0) is 6.42 Å². The van der Waals surface area contributed by atoms with E-state index in [-0.39, 0.29) is 5.69 Å². The van der Waals surface area contributed by atoms with Crippen LogP contribution in [0.25, 0.3) is 0 Å². The maximum atomic E-state index is 13.6. The Bertz CT molecular complexity index is 934. The summed E-state index contributed by atoms with van der Waals surface area (Å²) < 4.78 is 39.7. The molecule has 0 aliphatic rings. The molecule has 0 radical (unpaired) electrons. The molecule has 1 aromatic heterocycles. The number of nitrogens with one attached hydrogen (secondary N) is 2. The molecule has 138 valence electrons. The minimum Gasteiger partial charge on any atom is -0.368 e. The van der Waals surface area contributed by atoms with Crippen LogP contribution in [0.2, 0.25) is 0 Å². The molecule has 1 heterocycles. The van der Waals surface area contributed by atoms with E-state index in [0.717, 1.165) is 18.6 Å². The second-order valence-electron chi connectivity index (χ2n) is 5.64. The van der Waals surface area contributed by atoms with Crippen LogP contribution in [0, 0.1) is 17.5 Å². The number of amides is 1. The zero-order valence-corrected chi connectivity index (χ0v) is 14.0. The van der Waals surface area contributed by atoms with E-state index in [2.05, 4.69) is 20.8 Å². The van der Waals surface area contributed by atoms with E-state index in [4.69, 9.17) is 0 Å². The number of nitrogens with zero attached hydrogens (tertiary/aromatic N) is 2. The minimum absolute atomic E-state index is 0.0901. The van der Waals surface area contributed by atoms with Gasteiger partial charge in [0.25, 0.3) is 5.91 Å². The van der Waals surface area contributed by atoms with E-state index in [9.17, 15) is 18.0 Å². The molecule has 0 atom stereocenters. The molecule has 2 aromatic carbocycles. The third-order valence-electron chi connectivity index (χ3n) is 3.74. The first kappa shape index (κ1) is 18.4. The molecule has 8 heteroatoms. The summed E-state index contributed by atoms with van der Waals surface area (Å²) >= 11 is 0. The molecule has 0 unspecified atom stereocenters. The minimum atomic E-state index is -1.66. The lowest BCUT2D eigenvalue weighted by molar-refractivity contribution is 0.102. The molecule has 0 saturated carbocycles. The molecule has 0 aliphatic heterocycles. The number of benzene rings is 2. The van der Waals surface area contributed by atoms with Gasteiger partial charge in [0.15, 0.2) is 23.1 Å². The molecule has 0 aliphatic carbocycles. The Morgan fingerprint density at radius 1 is 0.889 bits per heavy atom. The van der Waals surface area contributed by atoms with Crippen molar-refractivity contribution in [3.05, 3.63) is 83.3 Å². The number of halogens is 3. The summed E-state index contributed by atoms with van der Waals surface area (Å²) in [6, 6.07) is 14.5. The Kier molecular flexibility index (Phi) is 5.65. The number of rotatable bonds is 6. The topological polar surface area (TPSA) is 66.9 Å². The average Bonchev–Trinajstić information content (AvgIpc) is 2.70. The van der Waals surface area contributed by atoms with E-state index in [1.165, 1.54) is 11.6 Å². The third-order valence-corrected chi connectivity index (χ3v) is 3.74. The number of hydrogen-bond acceptors (Lipinski definition) is 4. The molecule has 3 rings (SSSR count). The van der Waals surface area contributed by atoms with Crippen LogP contribution in [0.15, 0.2) is 54.6 Å². The first-order valence-corrected chi connectivity index (χ1v) is 8.11. The van der Waals surface area contributed by atoms with Gasteiger partial charge in [-0.15, -0.1) is 10.2 Å². The highest BCUT2D eigenvalue weighted by Crippen LogP contribution is 2.20. The van der Waals surface area contributed by atoms with Gasteiger partial charge in [-0.05, 0) is 36.2 Å². The lowest BCUT2D eigenvalue weighted by Crippen LogP contribution is -2.16. The van der Waals surface area contributed by atoms with Gasteiger partial charge in [0.2, 0.25) is 0 Å². The zero-order chi connectivity index (χ0) is 19.2. The largest absolute Gasteiger partial charge is 0.368 e. The lowest BCUT2D eigenvalue weighted by atomic mass is 10.1. The van der Waals surface area contributed by atoms with Crippen LogP contribution in [0.3, 0.4) is 0 Å². The highest BCUT2D eigenvalue weighted by Gasteiger charge is 2.16. The number of carbonyl (C=O) groups excluding carboxylic acids is 1. The van der Waals surface area contributed by atoms with Gasteiger partial charge in [0, 0.05) is 6.54 Å². The monoisotopic (exact) mass is 372 g/mol. The van der Waals surface area contributed by atoms with Gasteiger partial charge in [-0.1, -0.05) is 30.3 Å². The first-order valence-electron chi connectivity index (χ1n) is 8.11. The van der Waals surface area contributed by atoms with Crippen molar-refractivity contribution in [2.45, 2.75) is 6.42 Å². The Hall–Kier alpha value is -3.42. The number of aromatic nitrogens is 2. The van der Waals surface area contributed by atoms with E-state index >= 15 is 0 Å². The van der Waals surface area contributed by atoms with Crippen molar-refractivity contribution in [2.75, 3.05) is 17.2 Å². The number of anilines is 2. The van der Waals surface area contributed by atoms with Crippen molar-refractivity contribution in [2.24, 2.45) is 0 Å². The summed E-state index contributed by atoms with van der Waals surface area (Å²) in [4.78, 5) is 12.1. The van der Waals surface area contributed by atoms with Crippen LogP contribution in [0.5, 0.6) is 0 Å². The molecule has 0 spiro atoms. The van der Waals surface area contributed by atoms with Crippen molar-refractivity contribution in [3.8, 4) is 0 Å². The van der Waals surface area contributed by atoms with E-state index in [1.807, 2.05) is 30.3 Å². The fraction of sp³-hybridized carbons (Fsp3) is 0.105. The summed E-state index contributed by atoms with van der Waals surface area (Å²) in [6.07, 6.45) is 0.792. The van der Waals surface area contributed by atoms with Crippen molar-refractivity contribution in [3.63, 3.8) is 0 Å². The van der Waals surface area contributed by atoms with Crippen molar-refractivity contribution < 1.29 is 18.0 Å². The van der Waals surface area contributed by atoms with Gasteiger partial charge in [-0.25, -0.2) is 13.2 Å². The molecular weight excluding hydrogens is 357 g/mol. The second-order valence-corrected chi connectivity index (χ2v) is 5.64. The van der Waals surface area contributed by atoms with Gasteiger partial charge >= 0.3 is 0 Å². The van der Waals surface area contributed by atoms with E-state index in [0.29, 0.717) is 12.4 Å². The summed E-state index contributed by atoms with van der Waals surface area (Å²) in [5, 5.41) is 12.8. The Balaban J connectivity index is 1.58. The fourth-order valence-electron chi connectivity index (χ4n) is 2.34. The summed E-state index contributed by atoms with van der Waals surface area (Å²) in [5.74, 6) is -4.78. The maximum Gasteiger partial charge on any atom is 0.276 e. The Labute approximate surface area is 153 Å². The maximum absolute atomic E-state index is 13.6. The molecular formula is C19H15F3N4O. The van der Waals surface area contributed by atoms with Crippen molar-refractivity contribution >= 4 is 17.4 Å². The van der Waals surface area contributed by atoms with Crippen LogP contribution >= 0.6 is 0 Å². The molecule has 5 nitrogen and oxygen atoms in total. The van der Waals surface area contributed by atoms with E-state index in [1.54, 1.807) is 6.07 Å². The smallest absolute Gasteiger partial charge is 0.276 e. The number of hydrogen-bond donors (Lipinski definition) is 2. The Morgan fingerprint density at radius 2 is 1.67 bits per heavy atom. The summed E-state index contributed by atoms with van der Waals surface area (Å²) in [7, 11) is 0. The van der Waals surface area contributed by atoms with Gasteiger partial charge in [0.05, 0.1) is 5.69 Å². The second kappa shape index (κ2) is 8.31. The molecule has 3 aromatic rings. The predicted molar refractivity (Wildman–Crippen MR) is 94.9 cm³/mol. The van der Waals surface area contributed by atoms with Crippen molar-refractivity contribution in [1.29, 1.82) is 0 Å². The third kappa shape index (κ3) is 4.60. The van der Waals surface area contributed by atoms with Gasteiger partial charge in [-0.3, -0.25) is 4.79 Å². The highest BCUT2D eigenvalue weighted by molar-refractivity contribution is 6.02. The highest BCUT2D eigenvalue weighted by atomic mass is 19.2. The van der Waals surface area contributed by atoms with Crippen LogP contribution < -0.4 is 10.6 Å². The van der Waals surface area contributed by atoms with Gasteiger partial charge in [0.1, 0.15) is 5.82 Å². The van der Waals surface area contributed by atoms with E-state index < -0.39 is 29.0 Å². The standard InChI is InChI=1S/C19H15F3N4O/c20-13-6-7-14(18(22)17(13)21)24-19(27)15-8-9-16(26-25-15)23-11-10-12-4-2-1-3-5-12/h1-9H,10-11H2,(H,23,26)(H,24,27). The fourth-order valence-corrected chi connectivity index (χ4v) is 2.34. The number of carbonyl (C=O) groups is 1.